The van der Waals surface area contributed by atoms with Gasteiger partial charge in [0.15, 0.2) is 36.5 Å². The average Bonchev–Trinajstić information content (AvgIpc) is 3.29. The summed E-state index contributed by atoms with van der Waals surface area (Å²) in [6, 6.07) is 10.9. The van der Waals surface area contributed by atoms with Gasteiger partial charge in [0.1, 0.15) is 59.1 Å². The number of phenols is 3. The zero-order valence-corrected chi connectivity index (χ0v) is 40.1. The maximum atomic E-state index is 14.9. The maximum absolute atomic E-state index is 14.9. The van der Waals surface area contributed by atoms with Gasteiger partial charge in [-0.3, -0.25) is 14.4 Å². The van der Waals surface area contributed by atoms with Gasteiger partial charge in [0.25, 0.3) is 0 Å². The van der Waals surface area contributed by atoms with Gasteiger partial charge in [-0.25, -0.2) is 0 Å². The average molecular weight is 985 g/mol. The summed E-state index contributed by atoms with van der Waals surface area (Å²) in [6.45, 7) is 10.8. The number of azo groups is 1. The summed E-state index contributed by atoms with van der Waals surface area (Å²) >= 11 is 0. The largest absolute Gasteiger partial charge is 0.507 e. The third kappa shape index (κ3) is 11.0. The molecule has 1 aliphatic carbocycles. The number of rotatable bonds is 15. The van der Waals surface area contributed by atoms with E-state index in [0.29, 0.717) is 5.69 Å². The Bertz CT molecular complexity index is 2400. The number of aliphatic hydroxyl groups excluding tert-OH is 4. The van der Waals surface area contributed by atoms with Crippen molar-refractivity contribution in [2.45, 2.75) is 172 Å². The van der Waals surface area contributed by atoms with Gasteiger partial charge < -0.3 is 78.7 Å². The fourth-order valence-electron chi connectivity index (χ4n) is 9.65. The van der Waals surface area contributed by atoms with Crippen LogP contribution in [-0.2, 0) is 53.9 Å². The number of hydrogen-bond donors (Lipinski definition) is 8. The molecule has 3 heterocycles. The highest BCUT2D eigenvalue weighted by Crippen LogP contribution is 2.49. The van der Waals surface area contributed by atoms with Gasteiger partial charge >= 0.3 is 5.97 Å². The molecule has 17 atom stereocenters. The molecule has 3 saturated heterocycles. The van der Waals surface area contributed by atoms with Gasteiger partial charge in [-0.15, -0.1) is 5.11 Å². The van der Waals surface area contributed by atoms with Crippen molar-refractivity contribution in [2.75, 3.05) is 7.11 Å². The van der Waals surface area contributed by atoms with E-state index in [4.69, 9.17) is 37.9 Å². The number of aliphatic hydroxyl groups is 5. The Morgan fingerprint density at radius 1 is 0.814 bits per heavy atom. The van der Waals surface area contributed by atoms with Crippen molar-refractivity contribution in [2.24, 2.45) is 22.1 Å². The molecule has 3 fully saturated rings. The number of aromatic hydroxyl groups is 3. The van der Waals surface area contributed by atoms with E-state index < -0.39 is 144 Å². The smallest absolute Gasteiger partial charge is 0.308 e. The van der Waals surface area contributed by atoms with Crippen LogP contribution in [0.25, 0.3) is 10.8 Å². The standard InChI is InChI=1S/C49H64N2O19/c1-20(2)48(61)70-47-24(6)66-35(19-49(47,7)62)68-32-17-33(64-22(4)41(32)57)67-31-18-34(65-23(5)40(31)56)69-46-28(45(63-8)44(60)39(55)21(3)52)15-25-14-27-37(42(58)36(25)43(46)59)29(53)16-30(54)38(27)51-50-26-12-10-9-11-13-26/h9-14,16,20-24,28,31-35,39-41,45-47,52-58,62H,15,17-19H2,1-8H3/t21-,22-,23-,24+,28+,31-,32-,33+,34+,35+,39+,40-,41-,45+,46+,47+,49+/m1/s1. The molecule has 0 unspecified atom stereocenters. The van der Waals surface area contributed by atoms with Crippen LogP contribution in [-0.4, -0.2) is 163 Å². The van der Waals surface area contributed by atoms with Crippen LogP contribution in [0.15, 0.2) is 52.7 Å². The number of ether oxygens (including phenoxy) is 8. The summed E-state index contributed by atoms with van der Waals surface area (Å²) in [5.74, 6) is -5.84. The number of hydrogen-bond acceptors (Lipinski definition) is 21. The third-order valence-corrected chi connectivity index (χ3v) is 13.4. The number of benzene rings is 3. The minimum Gasteiger partial charge on any atom is -0.507 e. The fraction of sp³-hybridized carbons (Fsp3) is 0.612. The number of nitrogens with zero attached hydrogens (tertiary/aromatic N) is 2. The molecule has 8 N–H and O–H groups in total. The molecule has 0 aromatic heterocycles. The molecule has 21 nitrogen and oxygen atoms in total. The van der Waals surface area contributed by atoms with Crippen LogP contribution in [0.3, 0.4) is 0 Å². The van der Waals surface area contributed by atoms with E-state index in [1.165, 1.54) is 33.9 Å². The summed E-state index contributed by atoms with van der Waals surface area (Å²) in [6.07, 6.45) is -19.0. The second-order valence-electron chi connectivity index (χ2n) is 19.2. The Kier molecular flexibility index (Phi) is 16.3. The van der Waals surface area contributed by atoms with Gasteiger partial charge in [-0.05, 0) is 64.8 Å². The first-order valence-corrected chi connectivity index (χ1v) is 23.4. The van der Waals surface area contributed by atoms with Crippen LogP contribution in [0.1, 0.15) is 83.7 Å². The van der Waals surface area contributed by atoms with Crippen molar-refractivity contribution < 1.29 is 93.1 Å². The number of carbonyl (C=O) groups is 3. The number of esters is 1. The molecule has 0 amide bonds. The monoisotopic (exact) mass is 984 g/mol. The fourth-order valence-corrected chi connectivity index (χ4v) is 9.65. The highest BCUT2D eigenvalue weighted by molar-refractivity contribution is 6.13. The first-order valence-electron chi connectivity index (χ1n) is 23.4. The Morgan fingerprint density at radius 3 is 1.97 bits per heavy atom. The highest BCUT2D eigenvalue weighted by Gasteiger charge is 2.52. The van der Waals surface area contributed by atoms with Gasteiger partial charge in [-0.1, -0.05) is 32.0 Å². The molecule has 21 heteroatoms. The van der Waals surface area contributed by atoms with Gasteiger partial charge in [0.05, 0.1) is 59.2 Å². The second kappa shape index (κ2) is 21.5. The first-order chi connectivity index (χ1) is 33.0. The lowest BCUT2D eigenvalue weighted by Crippen LogP contribution is -2.59. The normalized spacial score (nSPS) is 34.0. The molecule has 0 radical (unpaired) electrons. The molecular weight excluding hydrogens is 921 g/mol. The highest BCUT2D eigenvalue weighted by atomic mass is 16.7. The predicted molar refractivity (Wildman–Crippen MR) is 243 cm³/mol. The Morgan fingerprint density at radius 2 is 1.40 bits per heavy atom. The lowest BCUT2D eigenvalue weighted by molar-refractivity contribution is -0.334. The van der Waals surface area contributed by atoms with Crippen LogP contribution in [0.4, 0.5) is 11.4 Å². The maximum Gasteiger partial charge on any atom is 0.308 e. The quantitative estimate of drug-likeness (QED) is 0.0796. The lowest BCUT2D eigenvalue weighted by atomic mass is 9.75. The number of phenolic OH excluding ortho intramolecular Hbond substituents is 3. The number of carbonyl (C=O) groups excluding carboxylic acids is 3. The molecule has 7 rings (SSSR count). The number of ketones is 2. The summed E-state index contributed by atoms with van der Waals surface area (Å²) in [5, 5.41) is 97.0. The number of fused-ring (bicyclic) bond motifs is 2. The zero-order valence-electron chi connectivity index (χ0n) is 40.1. The second-order valence-corrected chi connectivity index (χ2v) is 19.2. The third-order valence-electron chi connectivity index (χ3n) is 13.4. The zero-order chi connectivity index (χ0) is 51.1. The summed E-state index contributed by atoms with van der Waals surface area (Å²) in [4.78, 5) is 41.1. The minimum absolute atomic E-state index is 0.00668. The Labute approximate surface area is 403 Å². The molecule has 0 saturated carbocycles. The summed E-state index contributed by atoms with van der Waals surface area (Å²) in [7, 11) is 1.17. The number of methoxy groups -OCH3 is 1. The van der Waals surface area contributed by atoms with Gasteiger partial charge in [-0.2, -0.15) is 5.11 Å². The van der Waals surface area contributed by atoms with Crippen molar-refractivity contribution in [3.63, 3.8) is 0 Å². The molecule has 4 aliphatic rings. The van der Waals surface area contributed by atoms with Crippen molar-refractivity contribution in [1.29, 1.82) is 0 Å². The Balaban J connectivity index is 1.14. The van der Waals surface area contributed by atoms with E-state index in [0.717, 1.165) is 6.07 Å². The van der Waals surface area contributed by atoms with E-state index in [1.54, 1.807) is 58.0 Å². The minimum atomic E-state index is -1.94. The van der Waals surface area contributed by atoms with E-state index in [9.17, 15) is 55.2 Å². The predicted octanol–water partition coefficient (Wildman–Crippen LogP) is 3.65. The van der Waals surface area contributed by atoms with E-state index >= 15 is 0 Å². The van der Waals surface area contributed by atoms with Crippen LogP contribution in [0.2, 0.25) is 0 Å². The van der Waals surface area contributed by atoms with Gasteiger partial charge in [0.2, 0.25) is 0 Å². The van der Waals surface area contributed by atoms with E-state index in [1.807, 2.05) is 0 Å². The molecule has 0 bridgehead atoms. The van der Waals surface area contributed by atoms with Crippen LogP contribution in [0.5, 0.6) is 17.2 Å². The SMILES string of the molecule is CO[C@H](C(=O)[C@@H](O)[C@@H](C)O)[C@@H]1Cc2cc3c(N=Nc4ccccc4)c(O)cc(O)c3c(O)c2C(=O)[C@H]1O[C@H]1C[C@@H](O[C@H]2C[C@@H](O[C@H]3C[C@](C)(O)[C@@H](OC(=O)C(C)C)[C@H](C)O3)[C@H](O)[C@@H](C)O2)[C@H](O)[C@@H](C)O1. The van der Waals surface area contributed by atoms with Crippen LogP contribution in [0, 0.1) is 11.8 Å². The van der Waals surface area contributed by atoms with Crippen molar-refractivity contribution in [3.8, 4) is 17.2 Å². The van der Waals surface area contributed by atoms with E-state index in [-0.39, 0.29) is 53.3 Å². The van der Waals surface area contributed by atoms with Crippen LogP contribution < -0.4 is 0 Å². The molecule has 3 aromatic rings. The van der Waals surface area contributed by atoms with Crippen molar-refractivity contribution in [1.82, 2.24) is 0 Å². The molecule has 384 valence electrons. The molecule has 3 aromatic carbocycles. The number of Topliss-reactive ketones (excluding diaryl/α,β-unsaturated/α-hetero) is 2. The molecule has 70 heavy (non-hydrogen) atoms. The van der Waals surface area contributed by atoms with Crippen LogP contribution >= 0.6 is 0 Å². The Hall–Kier alpha value is -4.75. The topological polar surface area (TPSA) is 312 Å². The molecular formula is C49H64N2O19. The van der Waals surface area contributed by atoms with Crippen molar-refractivity contribution >= 4 is 39.7 Å². The van der Waals surface area contributed by atoms with E-state index in [2.05, 4.69) is 10.2 Å². The molecule has 0 spiro atoms. The lowest BCUT2D eigenvalue weighted by Gasteiger charge is -2.47. The molecule has 3 aliphatic heterocycles. The van der Waals surface area contributed by atoms with Gasteiger partial charge in [0, 0.05) is 43.7 Å². The first kappa shape index (κ1) is 53.1. The summed E-state index contributed by atoms with van der Waals surface area (Å²) in [5.41, 5.74) is -1.44. The summed E-state index contributed by atoms with van der Waals surface area (Å²) < 4.78 is 48.3. The van der Waals surface area contributed by atoms with Crippen molar-refractivity contribution in [3.05, 3.63) is 53.6 Å².